The van der Waals surface area contributed by atoms with Crippen molar-refractivity contribution in [1.29, 1.82) is 0 Å². The van der Waals surface area contributed by atoms with E-state index in [2.05, 4.69) is 26.2 Å². The molecule has 3 aromatic rings. The second-order valence-electron chi connectivity index (χ2n) is 4.86. The van der Waals surface area contributed by atoms with Crippen LogP contribution in [-0.2, 0) is 0 Å². The van der Waals surface area contributed by atoms with Crippen molar-refractivity contribution in [3.8, 4) is 0 Å². The summed E-state index contributed by atoms with van der Waals surface area (Å²) in [5.41, 5.74) is 3.92. The highest BCUT2D eigenvalue weighted by atomic mass is 79.9. The van der Waals surface area contributed by atoms with Gasteiger partial charge < -0.3 is 9.73 Å². The first-order chi connectivity index (χ1) is 10.0. The van der Waals surface area contributed by atoms with Gasteiger partial charge in [-0.25, -0.2) is 4.98 Å². The highest BCUT2D eigenvalue weighted by Crippen LogP contribution is 2.22. The lowest BCUT2D eigenvalue weighted by atomic mass is 10.2. The number of hydrogen-bond donors (Lipinski definition) is 1. The van der Waals surface area contributed by atoms with Crippen LogP contribution in [0.25, 0.3) is 11.1 Å². The molecule has 2 heterocycles. The topological polar surface area (TPSA) is 55.1 Å². The fourth-order valence-electron chi connectivity index (χ4n) is 2.09. The van der Waals surface area contributed by atoms with Crippen LogP contribution in [0.5, 0.6) is 0 Å². The van der Waals surface area contributed by atoms with Crippen molar-refractivity contribution in [2.24, 2.45) is 0 Å². The Labute approximate surface area is 130 Å². The summed E-state index contributed by atoms with van der Waals surface area (Å²) < 4.78 is 6.51. The van der Waals surface area contributed by atoms with Crippen molar-refractivity contribution in [3.63, 3.8) is 0 Å². The molecule has 0 aliphatic heterocycles. The van der Waals surface area contributed by atoms with Crippen LogP contribution in [0.4, 0.5) is 5.69 Å². The lowest BCUT2D eigenvalue weighted by molar-refractivity contribution is 0.0998. The smallest absolute Gasteiger partial charge is 0.291 e. The average Bonchev–Trinajstić information content (AvgIpc) is 2.85. The molecule has 5 heteroatoms. The van der Waals surface area contributed by atoms with Crippen molar-refractivity contribution in [2.45, 2.75) is 13.8 Å². The Bertz CT molecular complexity index is 839. The molecule has 3 rings (SSSR count). The third kappa shape index (κ3) is 2.83. The Hall–Kier alpha value is -2.14. The van der Waals surface area contributed by atoms with Gasteiger partial charge in [0.05, 0.1) is 0 Å². The molecule has 1 N–H and O–H groups in total. The minimum atomic E-state index is -0.281. The Morgan fingerprint density at radius 1 is 1.19 bits per heavy atom. The van der Waals surface area contributed by atoms with Gasteiger partial charge in [0.1, 0.15) is 5.52 Å². The van der Waals surface area contributed by atoms with E-state index in [0.717, 1.165) is 21.4 Å². The van der Waals surface area contributed by atoms with Gasteiger partial charge in [0.25, 0.3) is 5.91 Å². The predicted octanol–water partition coefficient (Wildman–Crippen LogP) is 4.46. The Morgan fingerprint density at radius 3 is 2.76 bits per heavy atom. The molecule has 0 radical (unpaired) electrons. The number of fused-ring (bicyclic) bond motifs is 1. The van der Waals surface area contributed by atoms with E-state index in [1.54, 1.807) is 6.07 Å². The number of amides is 1. The number of anilines is 1. The molecule has 1 aromatic carbocycles. The molecule has 0 aliphatic carbocycles. The first kappa shape index (κ1) is 13.8. The Balaban J connectivity index is 1.89. The molecule has 0 saturated carbocycles. The lowest BCUT2D eigenvalue weighted by Crippen LogP contribution is -2.11. The molecule has 21 heavy (non-hydrogen) atoms. The summed E-state index contributed by atoms with van der Waals surface area (Å²) in [6.45, 7) is 3.83. The minimum absolute atomic E-state index is 0.255. The molecule has 4 nitrogen and oxygen atoms in total. The van der Waals surface area contributed by atoms with E-state index in [0.29, 0.717) is 11.1 Å². The van der Waals surface area contributed by atoms with E-state index < -0.39 is 0 Å². The van der Waals surface area contributed by atoms with Gasteiger partial charge in [-0.05, 0) is 49.7 Å². The fraction of sp³-hybridized carbons (Fsp3) is 0.125. The summed E-state index contributed by atoms with van der Waals surface area (Å²) in [5.74, 6) is -0.0264. The van der Waals surface area contributed by atoms with Gasteiger partial charge in [0, 0.05) is 21.9 Å². The van der Waals surface area contributed by atoms with E-state index in [-0.39, 0.29) is 11.7 Å². The largest absolute Gasteiger partial charge is 0.449 e. The maximum atomic E-state index is 12.3. The molecule has 0 atom stereocenters. The second-order valence-corrected chi connectivity index (χ2v) is 5.78. The van der Waals surface area contributed by atoms with Crippen LogP contribution in [0.1, 0.15) is 21.8 Å². The molecule has 0 saturated heterocycles. The maximum absolute atomic E-state index is 12.3. The van der Waals surface area contributed by atoms with E-state index >= 15 is 0 Å². The summed E-state index contributed by atoms with van der Waals surface area (Å²) in [7, 11) is 0. The number of furan rings is 1. The summed E-state index contributed by atoms with van der Waals surface area (Å²) in [6.07, 6.45) is 0. The molecule has 0 fully saturated rings. The normalized spacial score (nSPS) is 10.8. The number of aromatic nitrogens is 1. The number of nitrogens with one attached hydrogen (secondary N) is 1. The van der Waals surface area contributed by atoms with Gasteiger partial charge >= 0.3 is 0 Å². The fourth-order valence-corrected chi connectivity index (χ4v) is 2.56. The standard InChI is InChI=1S/C16H13BrN2O2/c1-9-7-11(17)4-5-12(9)19-16(20)15-8-13-14(21-15)6-3-10(2)18-13/h3-8H,1-2H3,(H,19,20). The van der Waals surface area contributed by atoms with E-state index in [1.165, 1.54) is 0 Å². The summed E-state index contributed by atoms with van der Waals surface area (Å²) in [6, 6.07) is 11.0. The van der Waals surface area contributed by atoms with Crippen LogP contribution in [-0.4, -0.2) is 10.9 Å². The highest BCUT2D eigenvalue weighted by Gasteiger charge is 2.14. The molecule has 2 aromatic heterocycles. The number of carbonyl (C=O) groups is 1. The van der Waals surface area contributed by atoms with Crippen molar-refractivity contribution in [1.82, 2.24) is 4.98 Å². The number of benzene rings is 1. The number of hydrogen-bond acceptors (Lipinski definition) is 3. The third-order valence-corrected chi connectivity index (χ3v) is 3.67. The van der Waals surface area contributed by atoms with Gasteiger partial charge in [-0.2, -0.15) is 0 Å². The number of rotatable bonds is 2. The van der Waals surface area contributed by atoms with Crippen LogP contribution in [0.15, 0.2) is 45.3 Å². The predicted molar refractivity (Wildman–Crippen MR) is 85.6 cm³/mol. The summed E-state index contributed by atoms with van der Waals surface area (Å²) >= 11 is 3.40. The quantitative estimate of drug-likeness (QED) is 0.746. The zero-order chi connectivity index (χ0) is 15.0. The van der Waals surface area contributed by atoms with Crippen LogP contribution in [0.2, 0.25) is 0 Å². The van der Waals surface area contributed by atoms with Crippen LogP contribution in [0, 0.1) is 13.8 Å². The maximum Gasteiger partial charge on any atom is 0.291 e. The monoisotopic (exact) mass is 344 g/mol. The van der Waals surface area contributed by atoms with Crippen molar-refractivity contribution >= 4 is 38.6 Å². The molecule has 0 aliphatic rings. The van der Waals surface area contributed by atoms with E-state index in [9.17, 15) is 4.79 Å². The van der Waals surface area contributed by atoms with Crippen molar-refractivity contribution < 1.29 is 9.21 Å². The SMILES string of the molecule is Cc1ccc2oc(C(=O)Nc3ccc(Br)cc3C)cc2n1. The molecular weight excluding hydrogens is 332 g/mol. The van der Waals surface area contributed by atoms with Crippen LogP contribution < -0.4 is 5.32 Å². The number of aryl methyl sites for hydroxylation is 2. The number of nitrogens with zero attached hydrogens (tertiary/aromatic N) is 1. The number of carbonyl (C=O) groups excluding carboxylic acids is 1. The summed E-state index contributed by atoms with van der Waals surface area (Å²) in [5, 5.41) is 2.85. The lowest BCUT2D eigenvalue weighted by Gasteiger charge is -2.07. The molecular formula is C16H13BrN2O2. The van der Waals surface area contributed by atoms with E-state index in [4.69, 9.17) is 4.42 Å². The van der Waals surface area contributed by atoms with Crippen LogP contribution in [0.3, 0.4) is 0 Å². The molecule has 0 bridgehead atoms. The zero-order valence-electron chi connectivity index (χ0n) is 11.6. The minimum Gasteiger partial charge on any atom is -0.449 e. The Morgan fingerprint density at radius 2 is 2.00 bits per heavy atom. The molecule has 106 valence electrons. The first-order valence-corrected chi connectivity index (χ1v) is 7.27. The molecule has 0 spiro atoms. The van der Waals surface area contributed by atoms with Crippen molar-refractivity contribution in [2.75, 3.05) is 5.32 Å². The zero-order valence-corrected chi connectivity index (χ0v) is 13.2. The van der Waals surface area contributed by atoms with E-state index in [1.807, 2.05) is 44.2 Å². The van der Waals surface area contributed by atoms with Gasteiger partial charge in [-0.1, -0.05) is 15.9 Å². The van der Waals surface area contributed by atoms with Crippen molar-refractivity contribution in [3.05, 3.63) is 57.9 Å². The van der Waals surface area contributed by atoms with Gasteiger partial charge in [0.2, 0.25) is 0 Å². The van der Waals surface area contributed by atoms with Crippen LogP contribution >= 0.6 is 15.9 Å². The first-order valence-electron chi connectivity index (χ1n) is 6.47. The second kappa shape index (κ2) is 5.33. The van der Waals surface area contributed by atoms with Gasteiger partial charge in [-0.3, -0.25) is 4.79 Å². The number of pyridine rings is 1. The Kier molecular flexibility index (Phi) is 3.51. The van der Waals surface area contributed by atoms with Gasteiger partial charge in [-0.15, -0.1) is 0 Å². The number of halogens is 1. The highest BCUT2D eigenvalue weighted by molar-refractivity contribution is 9.10. The van der Waals surface area contributed by atoms with Gasteiger partial charge in [0.15, 0.2) is 11.3 Å². The average molecular weight is 345 g/mol. The third-order valence-electron chi connectivity index (χ3n) is 3.17. The molecule has 0 unspecified atom stereocenters. The molecule has 1 amide bonds. The summed E-state index contributed by atoms with van der Waals surface area (Å²) in [4.78, 5) is 16.6.